The van der Waals surface area contributed by atoms with E-state index in [2.05, 4.69) is 5.32 Å². The van der Waals surface area contributed by atoms with Gasteiger partial charge in [-0.2, -0.15) is 0 Å². The van der Waals surface area contributed by atoms with Gasteiger partial charge in [-0.3, -0.25) is 13.9 Å². The third-order valence-corrected chi connectivity index (χ3v) is 10.1. The highest BCUT2D eigenvalue weighted by atomic mass is 35.5. The molecule has 0 radical (unpaired) electrons. The van der Waals surface area contributed by atoms with Crippen molar-refractivity contribution in [2.75, 3.05) is 10.8 Å². The molecule has 4 aromatic rings. The fourth-order valence-corrected chi connectivity index (χ4v) is 6.48. The average Bonchev–Trinajstić information content (AvgIpc) is 3.04. The molecule has 46 heavy (non-hydrogen) atoms. The maximum Gasteiger partial charge on any atom is 0.264 e. The molecule has 0 aromatic heterocycles. The molecular formula is C36H39ClFN3O4S. The number of halogens is 2. The van der Waals surface area contributed by atoms with Crippen LogP contribution in [0.25, 0.3) is 0 Å². The Hall–Kier alpha value is -4.21. The number of rotatable bonds is 13. The van der Waals surface area contributed by atoms with Crippen molar-refractivity contribution in [2.45, 2.75) is 64.1 Å². The van der Waals surface area contributed by atoms with Crippen LogP contribution >= 0.6 is 11.6 Å². The Morgan fingerprint density at radius 1 is 0.891 bits per heavy atom. The lowest BCUT2D eigenvalue weighted by atomic mass is 10.0. The lowest BCUT2D eigenvalue weighted by Gasteiger charge is -2.34. The Bertz CT molecular complexity index is 1770. The summed E-state index contributed by atoms with van der Waals surface area (Å²) in [6.07, 6.45) is 0.793. The van der Waals surface area contributed by atoms with Crippen LogP contribution in [0.15, 0.2) is 102 Å². The summed E-state index contributed by atoms with van der Waals surface area (Å²) < 4.78 is 44.4. The number of nitrogens with zero attached hydrogens (tertiary/aromatic N) is 2. The van der Waals surface area contributed by atoms with Crippen LogP contribution in [0, 0.1) is 19.7 Å². The van der Waals surface area contributed by atoms with Gasteiger partial charge in [-0.25, -0.2) is 12.8 Å². The monoisotopic (exact) mass is 663 g/mol. The zero-order chi connectivity index (χ0) is 33.4. The maximum atomic E-state index is 15.1. The molecule has 0 bridgehead atoms. The normalized spacial score (nSPS) is 12.7. The number of carbonyl (C=O) groups is 2. The van der Waals surface area contributed by atoms with Crippen LogP contribution < -0.4 is 9.62 Å². The zero-order valence-electron chi connectivity index (χ0n) is 26.4. The van der Waals surface area contributed by atoms with Gasteiger partial charge in [-0.15, -0.1) is 0 Å². The van der Waals surface area contributed by atoms with Crippen LogP contribution in [-0.4, -0.2) is 43.8 Å². The Kier molecular flexibility index (Phi) is 11.6. The molecule has 0 unspecified atom stereocenters. The second-order valence-electron chi connectivity index (χ2n) is 11.4. The predicted molar refractivity (Wildman–Crippen MR) is 181 cm³/mol. The van der Waals surface area contributed by atoms with E-state index in [-0.39, 0.29) is 35.2 Å². The zero-order valence-corrected chi connectivity index (χ0v) is 28.0. The number of hydrogen-bond acceptors (Lipinski definition) is 4. The van der Waals surface area contributed by atoms with Gasteiger partial charge >= 0.3 is 0 Å². The highest BCUT2D eigenvalue weighted by Gasteiger charge is 2.35. The average molecular weight is 664 g/mol. The molecule has 0 aliphatic carbocycles. The second-order valence-corrected chi connectivity index (χ2v) is 13.7. The summed E-state index contributed by atoms with van der Waals surface area (Å²) in [6, 6.07) is 24.8. The fourth-order valence-electron chi connectivity index (χ4n) is 4.95. The Labute approximate surface area is 276 Å². The number of anilines is 1. The van der Waals surface area contributed by atoms with E-state index in [0.717, 1.165) is 21.0 Å². The smallest absolute Gasteiger partial charge is 0.264 e. The summed E-state index contributed by atoms with van der Waals surface area (Å²) in [6.45, 7) is 6.67. The van der Waals surface area contributed by atoms with Gasteiger partial charge in [0, 0.05) is 29.6 Å². The largest absolute Gasteiger partial charge is 0.352 e. The number of sulfonamides is 1. The summed E-state index contributed by atoms with van der Waals surface area (Å²) >= 11 is 6.05. The van der Waals surface area contributed by atoms with Crippen molar-refractivity contribution in [3.63, 3.8) is 0 Å². The van der Waals surface area contributed by atoms with E-state index in [4.69, 9.17) is 11.6 Å². The summed E-state index contributed by atoms with van der Waals surface area (Å²) in [5, 5.41) is 3.34. The van der Waals surface area contributed by atoms with E-state index in [9.17, 15) is 18.0 Å². The SMILES string of the molecule is CC[C@@H](C)NC(=O)[C@H](Cc1ccccc1)N(Cc1ccccc1F)C(=O)CN(c1ccc(C)c(C)c1)S(=O)(=O)c1ccc(Cl)cc1. The number of carbonyl (C=O) groups excluding carboxylic acids is 2. The molecule has 2 atom stereocenters. The number of benzene rings is 4. The van der Waals surface area contributed by atoms with Gasteiger partial charge in [0.1, 0.15) is 18.4 Å². The van der Waals surface area contributed by atoms with Crippen molar-refractivity contribution in [2.24, 2.45) is 0 Å². The second kappa shape index (κ2) is 15.4. The van der Waals surface area contributed by atoms with E-state index < -0.39 is 40.2 Å². The van der Waals surface area contributed by atoms with Crippen LogP contribution in [0.2, 0.25) is 5.02 Å². The number of amides is 2. The Morgan fingerprint density at radius 2 is 1.54 bits per heavy atom. The molecule has 0 aliphatic rings. The molecule has 0 fully saturated rings. The molecule has 0 saturated carbocycles. The summed E-state index contributed by atoms with van der Waals surface area (Å²) in [5.41, 5.74) is 3.05. The summed E-state index contributed by atoms with van der Waals surface area (Å²) in [4.78, 5) is 29.6. The lowest BCUT2D eigenvalue weighted by Crippen LogP contribution is -2.54. The van der Waals surface area contributed by atoms with Gasteiger partial charge in [0.2, 0.25) is 11.8 Å². The minimum atomic E-state index is -4.29. The molecule has 4 aromatic carbocycles. The molecular weight excluding hydrogens is 625 g/mol. The van der Waals surface area contributed by atoms with Gasteiger partial charge < -0.3 is 10.2 Å². The van der Waals surface area contributed by atoms with Crippen molar-refractivity contribution >= 4 is 39.1 Å². The molecule has 0 saturated heterocycles. The van der Waals surface area contributed by atoms with E-state index in [0.29, 0.717) is 11.4 Å². The van der Waals surface area contributed by atoms with Gasteiger partial charge in [0.05, 0.1) is 10.6 Å². The molecule has 0 heterocycles. The quantitative estimate of drug-likeness (QED) is 0.170. The van der Waals surface area contributed by atoms with E-state index >= 15 is 4.39 Å². The number of nitrogens with one attached hydrogen (secondary N) is 1. The van der Waals surface area contributed by atoms with E-state index in [1.807, 2.05) is 58.0 Å². The molecule has 0 aliphatic heterocycles. The highest BCUT2D eigenvalue weighted by molar-refractivity contribution is 7.92. The van der Waals surface area contributed by atoms with Gasteiger partial charge in [-0.1, -0.05) is 73.1 Å². The molecule has 7 nitrogen and oxygen atoms in total. The molecule has 4 rings (SSSR count). The predicted octanol–water partition coefficient (Wildman–Crippen LogP) is 6.85. The van der Waals surface area contributed by atoms with Crippen LogP contribution in [0.1, 0.15) is 42.5 Å². The van der Waals surface area contributed by atoms with Gasteiger partial charge in [0.15, 0.2) is 0 Å². The van der Waals surface area contributed by atoms with Gasteiger partial charge in [-0.05, 0) is 86.3 Å². The third kappa shape index (κ3) is 8.53. The van der Waals surface area contributed by atoms with Crippen molar-refractivity contribution < 1.29 is 22.4 Å². The number of hydrogen-bond donors (Lipinski definition) is 1. The van der Waals surface area contributed by atoms with Gasteiger partial charge in [0.25, 0.3) is 10.0 Å². The molecule has 2 amide bonds. The minimum absolute atomic E-state index is 0.0565. The molecule has 242 valence electrons. The minimum Gasteiger partial charge on any atom is -0.352 e. The first-order chi connectivity index (χ1) is 21.9. The Morgan fingerprint density at radius 3 is 2.17 bits per heavy atom. The highest BCUT2D eigenvalue weighted by Crippen LogP contribution is 2.28. The van der Waals surface area contributed by atoms with Crippen LogP contribution in [0.3, 0.4) is 0 Å². The lowest BCUT2D eigenvalue weighted by molar-refractivity contribution is -0.140. The van der Waals surface area contributed by atoms with Crippen LogP contribution in [0.4, 0.5) is 10.1 Å². The molecule has 0 spiro atoms. The standard InChI is InChI=1S/C36H39ClFN3O4S/c1-5-27(4)39-36(43)34(22-28-11-7-6-8-12-28)40(23-29-13-9-10-14-33(29)38)35(42)24-41(31-18-15-25(2)26(3)21-31)46(44,45)32-19-16-30(37)17-20-32/h6-21,27,34H,5,22-24H2,1-4H3,(H,39,43)/t27-,34+/m1/s1. The van der Waals surface area contributed by atoms with Crippen molar-refractivity contribution in [3.8, 4) is 0 Å². The molecule has 10 heteroatoms. The van der Waals surface area contributed by atoms with Crippen LogP contribution in [0.5, 0.6) is 0 Å². The summed E-state index contributed by atoms with van der Waals surface area (Å²) in [7, 11) is -4.29. The first-order valence-electron chi connectivity index (χ1n) is 15.1. The van der Waals surface area contributed by atoms with E-state index in [1.165, 1.54) is 35.2 Å². The number of aryl methyl sites for hydroxylation is 2. The first-order valence-corrected chi connectivity index (χ1v) is 16.9. The van der Waals surface area contributed by atoms with Crippen molar-refractivity contribution in [1.82, 2.24) is 10.2 Å². The van der Waals surface area contributed by atoms with Crippen molar-refractivity contribution in [1.29, 1.82) is 0 Å². The topological polar surface area (TPSA) is 86.8 Å². The van der Waals surface area contributed by atoms with Crippen molar-refractivity contribution in [3.05, 3.63) is 130 Å². The maximum absolute atomic E-state index is 15.1. The summed E-state index contributed by atoms with van der Waals surface area (Å²) in [5.74, 6) is -1.62. The first kappa shape index (κ1) is 34.7. The fraction of sp³-hybridized carbons (Fsp3) is 0.278. The van der Waals surface area contributed by atoms with Crippen LogP contribution in [-0.2, 0) is 32.6 Å². The third-order valence-electron chi connectivity index (χ3n) is 8.03. The Balaban J connectivity index is 1.83. The van der Waals surface area contributed by atoms with E-state index in [1.54, 1.807) is 36.4 Å². The molecule has 1 N–H and O–H groups in total.